The normalized spacial score (nSPS) is 18.2. The molecule has 5 rings (SSSR count). The van der Waals surface area contributed by atoms with Gasteiger partial charge in [-0.15, -0.1) is 0 Å². The van der Waals surface area contributed by atoms with Crippen LogP contribution >= 0.6 is 15.9 Å². The van der Waals surface area contributed by atoms with Crippen molar-refractivity contribution in [3.63, 3.8) is 0 Å². The van der Waals surface area contributed by atoms with Crippen LogP contribution in [0.4, 0.5) is 0 Å². The number of nitrogens with zero attached hydrogens (tertiary/aromatic N) is 2. The molecule has 0 amide bonds. The molecule has 5 nitrogen and oxygen atoms in total. The van der Waals surface area contributed by atoms with Gasteiger partial charge in [-0.2, -0.15) is 0 Å². The highest BCUT2D eigenvalue weighted by molar-refractivity contribution is 9.10. The van der Waals surface area contributed by atoms with Crippen LogP contribution < -0.4 is 4.74 Å². The number of aryl methyl sites for hydroxylation is 1. The van der Waals surface area contributed by atoms with Gasteiger partial charge in [0, 0.05) is 40.6 Å². The maximum atomic E-state index is 13.4. The van der Waals surface area contributed by atoms with Gasteiger partial charge in [-0.3, -0.25) is 4.31 Å². The fourth-order valence-electron chi connectivity index (χ4n) is 4.01. The lowest BCUT2D eigenvalue weighted by Gasteiger charge is -2.28. The molecular formula is C25H25BrN2O3S. The van der Waals surface area contributed by atoms with E-state index in [1.807, 2.05) is 67.7 Å². The summed E-state index contributed by atoms with van der Waals surface area (Å²) < 4.78 is 35.5. The summed E-state index contributed by atoms with van der Waals surface area (Å²) in [6.45, 7) is 2.96. The van der Waals surface area contributed by atoms with Crippen molar-refractivity contribution >= 4 is 31.5 Å². The SMILES string of the molecule is Cc1ccc(S(=O)(=O)N2CC=C3C(c4cc(Br)ccc4OCC4CC4)=CN(C)C=C32)cc1. The molecule has 2 aromatic carbocycles. The largest absolute Gasteiger partial charge is 0.493 e. The van der Waals surface area contributed by atoms with Gasteiger partial charge in [0.2, 0.25) is 0 Å². The Balaban J connectivity index is 1.50. The fourth-order valence-corrected chi connectivity index (χ4v) is 5.78. The van der Waals surface area contributed by atoms with Gasteiger partial charge in [0.05, 0.1) is 23.7 Å². The van der Waals surface area contributed by atoms with Crippen LogP contribution in [0.15, 0.2) is 81.6 Å². The van der Waals surface area contributed by atoms with Crippen LogP contribution in [0, 0.1) is 12.8 Å². The lowest BCUT2D eigenvalue weighted by atomic mass is 9.95. The summed E-state index contributed by atoms with van der Waals surface area (Å²) in [6, 6.07) is 13.0. The van der Waals surface area contributed by atoms with E-state index in [-0.39, 0.29) is 0 Å². The molecule has 2 aromatic rings. The zero-order valence-corrected chi connectivity index (χ0v) is 20.5. The molecule has 1 aliphatic carbocycles. The van der Waals surface area contributed by atoms with Gasteiger partial charge < -0.3 is 9.64 Å². The standard InChI is InChI=1S/C25H25BrN2O3S/c1-17-3-8-20(9-4-17)32(29,30)28-12-11-21-23(14-27(2)15-24(21)28)22-13-19(26)7-10-25(22)31-16-18-5-6-18/h3-4,7-11,13-15,18H,5-6,12,16H2,1-2H3. The van der Waals surface area contributed by atoms with E-state index < -0.39 is 10.0 Å². The number of halogens is 1. The molecule has 0 unspecified atom stereocenters. The molecule has 32 heavy (non-hydrogen) atoms. The number of benzene rings is 2. The molecule has 2 heterocycles. The summed E-state index contributed by atoms with van der Waals surface area (Å²) in [7, 11) is -1.75. The minimum absolute atomic E-state index is 0.299. The highest BCUT2D eigenvalue weighted by Crippen LogP contribution is 2.43. The summed E-state index contributed by atoms with van der Waals surface area (Å²) in [6.07, 6.45) is 8.34. The van der Waals surface area contributed by atoms with E-state index in [0.29, 0.717) is 29.7 Å². The Morgan fingerprint density at radius 2 is 1.81 bits per heavy atom. The summed E-state index contributed by atoms with van der Waals surface area (Å²) >= 11 is 3.59. The maximum absolute atomic E-state index is 13.4. The van der Waals surface area contributed by atoms with Crippen molar-refractivity contribution in [2.75, 3.05) is 20.2 Å². The van der Waals surface area contributed by atoms with E-state index in [4.69, 9.17) is 4.74 Å². The van der Waals surface area contributed by atoms with Gasteiger partial charge in [0.1, 0.15) is 5.75 Å². The molecule has 0 bridgehead atoms. The number of rotatable bonds is 6. The average molecular weight is 513 g/mol. The summed E-state index contributed by atoms with van der Waals surface area (Å²) in [5, 5.41) is 0. The monoisotopic (exact) mass is 512 g/mol. The Labute approximate surface area is 197 Å². The second-order valence-electron chi connectivity index (χ2n) is 8.58. The van der Waals surface area contributed by atoms with E-state index in [1.165, 1.54) is 17.1 Å². The average Bonchev–Trinajstić information content (AvgIpc) is 3.49. The number of fused-ring (bicyclic) bond motifs is 1. The number of sulfonamides is 1. The van der Waals surface area contributed by atoms with Gasteiger partial charge >= 0.3 is 0 Å². The summed E-state index contributed by atoms with van der Waals surface area (Å²) in [5.74, 6) is 1.47. The van der Waals surface area contributed by atoms with Gasteiger partial charge in [0.15, 0.2) is 0 Å². The van der Waals surface area contributed by atoms with E-state index >= 15 is 0 Å². The van der Waals surface area contributed by atoms with Crippen LogP contribution in [-0.2, 0) is 10.0 Å². The Morgan fingerprint density at radius 3 is 2.53 bits per heavy atom. The van der Waals surface area contributed by atoms with E-state index in [0.717, 1.165) is 32.5 Å². The van der Waals surface area contributed by atoms with Crippen molar-refractivity contribution in [3.05, 3.63) is 87.8 Å². The second-order valence-corrected chi connectivity index (χ2v) is 11.4. The van der Waals surface area contributed by atoms with Crippen LogP contribution in [0.2, 0.25) is 0 Å². The van der Waals surface area contributed by atoms with Crippen LogP contribution in [-0.4, -0.2) is 37.8 Å². The molecule has 1 saturated carbocycles. The molecule has 1 fully saturated rings. The molecule has 0 radical (unpaired) electrons. The second kappa shape index (κ2) is 8.12. The van der Waals surface area contributed by atoms with Crippen molar-refractivity contribution in [2.24, 2.45) is 5.92 Å². The van der Waals surface area contributed by atoms with Crippen LogP contribution in [0.5, 0.6) is 5.75 Å². The van der Waals surface area contributed by atoms with Crippen molar-refractivity contribution in [1.29, 1.82) is 0 Å². The van der Waals surface area contributed by atoms with Crippen LogP contribution in [0.3, 0.4) is 0 Å². The third-order valence-electron chi connectivity index (χ3n) is 5.97. The first-order valence-corrected chi connectivity index (χ1v) is 12.9. The Hall–Kier alpha value is -2.51. The molecule has 0 N–H and O–H groups in total. The highest BCUT2D eigenvalue weighted by Gasteiger charge is 2.36. The van der Waals surface area contributed by atoms with Crippen molar-refractivity contribution in [1.82, 2.24) is 9.21 Å². The zero-order chi connectivity index (χ0) is 22.5. The zero-order valence-electron chi connectivity index (χ0n) is 18.1. The minimum Gasteiger partial charge on any atom is -0.493 e. The minimum atomic E-state index is -3.67. The Kier molecular flexibility index (Phi) is 5.42. The lowest BCUT2D eigenvalue weighted by Crippen LogP contribution is -2.30. The molecule has 166 valence electrons. The first-order valence-electron chi connectivity index (χ1n) is 10.7. The van der Waals surface area contributed by atoms with Gasteiger partial charge in [-0.05, 0) is 56.0 Å². The molecule has 0 atom stereocenters. The summed E-state index contributed by atoms with van der Waals surface area (Å²) in [4.78, 5) is 2.21. The van der Waals surface area contributed by atoms with Crippen molar-refractivity contribution < 1.29 is 13.2 Å². The maximum Gasteiger partial charge on any atom is 0.264 e. The third-order valence-corrected chi connectivity index (χ3v) is 8.25. The summed E-state index contributed by atoms with van der Waals surface area (Å²) in [5.41, 5.74) is 4.53. The van der Waals surface area contributed by atoms with E-state index in [9.17, 15) is 8.42 Å². The molecule has 7 heteroatoms. The Morgan fingerprint density at radius 1 is 1.06 bits per heavy atom. The third kappa shape index (κ3) is 3.99. The molecule has 0 aromatic heterocycles. The number of hydrogen-bond acceptors (Lipinski definition) is 4. The predicted octanol–water partition coefficient (Wildman–Crippen LogP) is 5.30. The van der Waals surface area contributed by atoms with Crippen molar-refractivity contribution in [2.45, 2.75) is 24.7 Å². The first-order chi connectivity index (χ1) is 15.3. The van der Waals surface area contributed by atoms with Gasteiger partial charge in [-0.1, -0.05) is 39.7 Å². The first kappa shape index (κ1) is 21.3. The smallest absolute Gasteiger partial charge is 0.264 e. The number of hydrogen-bond donors (Lipinski definition) is 0. The molecule has 3 aliphatic rings. The quantitative estimate of drug-likeness (QED) is 0.526. The van der Waals surface area contributed by atoms with Crippen molar-refractivity contribution in [3.8, 4) is 5.75 Å². The van der Waals surface area contributed by atoms with Gasteiger partial charge in [-0.25, -0.2) is 8.42 Å². The fraction of sp³-hybridized carbons (Fsp3) is 0.280. The van der Waals surface area contributed by atoms with E-state index in [2.05, 4.69) is 15.9 Å². The topological polar surface area (TPSA) is 49.9 Å². The molecule has 0 saturated heterocycles. The van der Waals surface area contributed by atoms with Gasteiger partial charge in [0.25, 0.3) is 10.0 Å². The molecule has 0 spiro atoms. The van der Waals surface area contributed by atoms with E-state index in [1.54, 1.807) is 12.1 Å². The number of ether oxygens (including phenoxy) is 1. The Bertz CT molecular complexity index is 1260. The number of allylic oxidation sites excluding steroid dienone is 1. The highest BCUT2D eigenvalue weighted by atomic mass is 79.9. The molecular weight excluding hydrogens is 488 g/mol. The van der Waals surface area contributed by atoms with Crippen LogP contribution in [0.1, 0.15) is 24.0 Å². The van der Waals surface area contributed by atoms with Crippen LogP contribution in [0.25, 0.3) is 5.57 Å². The molecule has 2 aliphatic heterocycles. The predicted molar refractivity (Wildman–Crippen MR) is 129 cm³/mol. The lowest BCUT2D eigenvalue weighted by molar-refractivity contribution is 0.299.